The van der Waals surface area contributed by atoms with E-state index >= 15 is 0 Å². The number of benzene rings is 1. The van der Waals surface area contributed by atoms with Gasteiger partial charge in [0.05, 0.1) is 22.9 Å². The molecule has 1 rings (SSSR count). The molecule has 2 N–H and O–H groups in total. The zero-order chi connectivity index (χ0) is 24.3. The second-order valence-electron chi connectivity index (χ2n) is 8.47. The van der Waals surface area contributed by atoms with E-state index in [1.54, 1.807) is 0 Å². The fourth-order valence-corrected chi connectivity index (χ4v) is 5.85. The summed E-state index contributed by atoms with van der Waals surface area (Å²) in [7, 11) is 0. The van der Waals surface area contributed by atoms with Gasteiger partial charge in [-0.1, -0.05) is 89.0 Å². The average Bonchev–Trinajstić information content (AvgIpc) is 2.79. The van der Waals surface area contributed by atoms with Crippen molar-refractivity contribution in [3.8, 4) is 0 Å². The number of thioether (sulfide) groups is 1. The molecule has 0 saturated heterocycles. The van der Waals surface area contributed by atoms with Crippen molar-refractivity contribution in [3.63, 3.8) is 0 Å². The molecular weight excluding hydrogens is 456 g/mol. The Bertz CT molecular complexity index is 759. The zero-order valence-electron chi connectivity index (χ0n) is 19.9. The molecule has 0 amide bonds. The van der Waals surface area contributed by atoms with Gasteiger partial charge in [0.15, 0.2) is 0 Å². The van der Waals surface area contributed by atoms with Crippen molar-refractivity contribution in [2.45, 2.75) is 102 Å². The van der Waals surface area contributed by atoms with Gasteiger partial charge in [0.25, 0.3) is 0 Å². The molecule has 7 heteroatoms. The second-order valence-corrected chi connectivity index (χ2v) is 10.4. The van der Waals surface area contributed by atoms with Gasteiger partial charge in [-0.25, -0.2) is 4.21 Å². The molecule has 0 bridgehead atoms. The summed E-state index contributed by atoms with van der Waals surface area (Å²) >= 11 is 1.79. The van der Waals surface area contributed by atoms with Crippen LogP contribution >= 0.6 is 11.8 Å². The molecule has 1 aromatic rings. The quantitative estimate of drug-likeness (QED) is 0.155. The molecule has 33 heavy (non-hydrogen) atoms. The number of carboxylic acids is 2. The molecule has 1 unspecified atom stereocenters. The third kappa shape index (κ3) is 13.6. The Morgan fingerprint density at radius 1 is 0.818 bits per heavy atom. The van der Waals surface area contributed by atoms with Crippen LogP contribution in [0.4, 0.5) is 0 Å². The van der Waals surface area contributed by atoms with Gasteiger partial charge >= 0.3 is 11.9 Å². The second kappa shape index (κ2) is 18.8. The highest BCUT2D eigenvalue weighted by Crippen LogP contribution is 2.35. The number of carbonyl (C=O) groups is 2. The Labute approximate surface area is 206 Å². The molecule has 0 aliphatic carbocycles. The molecule has 5 nitrogen and oxygen atoms in total. The fraction of sp³-hybridized carbons (Fsp3) is 0.654. The van der Waals surface area contributed by atoms with Crippen LogP contribution in [0.3, 0.4) is 0 Å². The highest BCUT2D eigenvalue weighted by molar-refractivity contribution is 8.00. The van der Waals surface area contributed by atoms with Crippen molar-refractivity contribution in [1.82, 2.24) is 0 Å². The first-order valence-corrected chi connectivity index (χ1v) is 14.1. The Morgan fingerprint density at radius 2 is 1.39 bits per heavy atom. The van der Waals surface area contributed by atoms with Crippen molar-refractivity contribution in [1.29, 1.82) is 0 Å². The van der Waals surface area contributed by atoms with Crippen LogP contribution in [0.25, 0.3) is 0 Å². The lowest BCUT2D eigenvalue weighted by Gasteiger charge is -2.21. The lowest BCUT2D eigenvalue weighted by molar-refractivity contribution is -0.137. The number of carboxylic acid groups (broad SMARTS) is 2. The van der Waals surface area contributed by atoms with Crippen LogP contribution in [0.2, 0.25) is 0 Å². The summed E-state index contributed by atoms with van der Waals surface area (Å²) in [5.74, 6) is -1.43. The third-order valence-corrected chi connectivity index (χ3v) is 7.84. The summed E-state index contributed by atoms with van der Waals surface area (Å²) in [6.07, 6.45) is 13.8. The van der Waals surface area contributed by atoms with E-state index < -0.39 is 11.9 Å². The maximum Gasteiger partial charge on any atom is 0.304 e. The molecule has 0 spiro atoms. The van der Waals surface area contributed by atoms with Crippen molar-refractivity contribution in [2.75, 3.05) is 5.75 Å². The topological polar surface area (TPSA) is 91.7 Å². The average molecular weight is 497 g/mol. The summed E-state index contributed by atoms with van der Waals surface area (Å²) in [6, 6.07) is 8.01. The number of hydrogen-bond acceptors (Lipinski definition) is 4. The van der Waals surface area contributed by atoms with Crippen molar-refractivity contribution in [2.24, 2.45) is 0 Å². The number of aryl methyl sites for hydroxylation is 1. The molecule has 0 fully saturated rings. The van der Waals surface area contributed by atoms with Crippen molar-refractivity contribution < 1.29 is 24.0 Å². The van der Waals surface area contributed by atoms with Gasteiger partial charge in [0.2, 0.25) is 0 Å². The summed E-state index contributed by atoms with van der Waals surface area (Å²) in [5, 5.41) is 17.8. The van der Waals surface area contributed by atoms with E-state index in [2.05, 4.69) is 13.0 Å². The van der Waals surface area contributed by atoms with E-state index in [1.807, 2.05) is 18.2 Å². The smallest absolute Gasteiger partial charge is 0.304 e. The van der Waals surface area contributed by atoms with E-state index in [0.29, 0.717) is 21.9 Å². The van der Waals surface area contributed by atoms with Gasteiger partial charge in [-0.2, -0.15) is 0 Å². The first kappa shape index (κ1) is 29.4. The number of rotatable bonds is 20. The monoisotopic (exact) mass is 496 g/mol. The molecule has 0 aromatic heterocycles. The molecule has 0 saturated carbocycles. The minimum Gasteiger partial charge on any atom is -0.481 e. The molecule has 0 radical (unpaired) electrons. The SMILES string of the molecule is CCCCCCCCCCCCc1ccccc1C(SCCC(=O)O)C(CCC(=O)O)=S=O. The van der Waals surface area contributed by atoms with E-state index in [4.69, 9.17) is 10.2 Å². The fourth-order valence-electron chi connectivity index (χ4n) is 3.89. The number of hydrogen-bond donors (Lipinski definition) is 2. The van der Waals surface area contributed by atoms with Crippen LogP contribution in [0.15, 0.2) is 24.3 Å². The summed E-state index contributed by atoms with van der Waals surface area (Å²) in [4.78, 5) is 22.6. The maximum atomic E-state index is 11.9. The van der Waals surface area contributed by atoms with E-state index in [0.717, 1.165) is 18.4 Å². The number of unbranched alkanes of at least 4 members (excludes halogenated alkanes) is 9. The normalized spacial score (nSPS) is 11.8. The van der Waals surface area contributed by atoms with Crippen LogP contribution < -0.4 is 0 Å². The molecular formula is C26H40O5S2. The Morgan fingerprint density at radius 3 is 1.97 bits per heavy atom. The zero-order valence-corrected chi connectivity index (χ0v) is 21.6. The summed E-state index contributed by atoms with van der Waals surface area (Å²) in [5.41, 5.74) is 2.19. The predicted molar refractivity (Wildman–Crippen MR) is 139 cm³/mol. The Kier molecular flexibility index (Phi) is 16.8. The highest BCUT2D eigenvalue weighted by Gasteiger charge is 2.22. The molecule has 0 heterocycles. The van der Waals surface area contributed by atoms with Crippen molar-refractivity contribution in [3.05, 3.63) is 35.4 Å². The predicted octanol–water partition coefficient (Wildman–Crippen LogP) is 6.65. The Balaban J connectivity index is 2.69. The van der Waals surface area contributed by atoms with E-state index in [-0.39, 0.29) is 24.5 Å². The summed E-state index contributed by atoms with van der Waals surface area (Å²) in [6.45, 7) is 2.24. The molecule has 1 atom stereocenters. The minimum atomic E-state index is -0.936. The standard InChI is InChI=1S/C26H40O5S2/c1-2-3-4-5-6-7-8-9-10-11-14-21-15-12-13-16-22(21)26(32-20-19-25(29)30)23(33-31)17-18-24(27)28/h12-13,15-16,26H,2-11,14,17-20H2,1H3,(H,27,28)(H,29,30). The van der Waals surface area contributed by atoms with Gasteiger partial charge in [-0.15, -0.1) is 11.8 Å². The van der Waals surface area contributed by atoms with Crippen LogP contribution in [0.1, 0.15) is 107 Å². The molecule has 0 aliphatic heterocycles. The van der Waals surface area contributed by atoms with Gasteiger partial charge < -0.3 is 10.2 Å². The Hall–Kier alpha value is -1.60. The van der Waals surface area contributed by atoms with Gasteiger partial charge in [-0.05, 0) is 30.4 Å². The molecule has 1 aromatic carbocycles. The van der Waals surface area contributed by atoms with Crippen molar-refractivity contribution >= 4 is 39.8 Å². The number of aliphatic carboxylic acids is 2. The van der Waals surface area contributed by atoms with Gasteiger partial charge in [-0.3, -0.25) is 9.59 Å². The lowest BCUT2D eigenvalue weighted by Crippen LogP contribution is -2.15. The largest absolute Gasteiger partial charge is 0.481 e. The van der Waals surface area contributed by atoms with E-state index in [9.17, 15) is 13.8 Å². The van der Waals surface area contributed by atoms with Crippen LogP contribution in [0, 0.1) is 0 Å². The first-order valence-electron chi connectivity index (χ1n) is 12.3. The summed E-state index contributed by atoms with van der Waals surface area (Å²) < 4.78 is 11.9. The maximum absolute atomic E-state index is 11.9. The third-order valence-electron chi connectivity index (χ3n) is 5.72. The van der Waals surface area contributed by atoms with Gasteiger partial charge in [0, 0.05) is 17.0 Å². The molecule has 0 aliphatic rings. The van der Waals surface area contributed by atoms with Gasteiger partial charge in [0.1, 0.15) is 0 Å². The minimum absolute atomic E-state index is 0.0114. The first-order chi connectivity index (χ1) is 16.0. The molecule has 186 valence electrons. The van der Waals surface area contributed by atoms with E-state index in [1.165, 1.54) is 75.1 Å². The van der Waals surface area contributed by atoms with Crippen LogP contribution in [-0.4, -0.2) is 37.0 Å². The van der Waals surface area contributed by atoms with Crippen LogP contribution in [0.5, 0.6) is 0 Å². The van der Waals surface area contributed by atoms with Crippen LogP contribution in [-0.2, 0) is 27.3 Å². The lowest BCUT2D eigenvalue weighted by atomic mass is 9.96. The highest BCUT2D eigenvalue weighted by atomic mass is 32.2.